The van der Waals surface area contributed by atoms with Gasteiger partial charge >= 0.3 is 6.09 Å². The van der Waals surface area contributed by atoms with Gasteiger partial charge in [-0.25, -0.2) is 4.79 Å². The molecule has 2 amide bonds. The van der Waals surface area contributed by atoms with Gasteiger partial charge in [-0.2, -0.15) is 0 Å². The lowest BCUT2D eigenvalue weighted by atomic mass is 9.93. The van der Waals surface area contributed by atoms with E-state index in [9.17, 15) is 19.5 Å². The van der Waals surface area contributed by atoms with Crippen molar-refractivity contribution in [3.63, 3.8) is 0 Å². The third-order valence-electron chi connectivity index (χ3n) is 4.40. The molecule has 0 aromatic heterocycles. The zero-order chi connectivity index (χ0) is 20.4. The number of nitrogens with zero attached hydrogens (tertiary/aromatic N) is 1. The summed E-state index contributed by atoms with van der Waals surface area (Å²) in [6.07, 6.45) is -0.314. The molecule has 1 aromatic rings. The Hall–Kier alpha value is -2.57. The van der Waals surface area contributed by atoms with Crippen molar-refractivity contribution in [1.82, 2.24) is 10.2 Å². The van der Waals surface area contributed by atoms with Crippen LogP contribution in [0, 0.1) is 5.92 Å². The molecular formula is C20H27N2O5-. The van der Waals surface area contributed by atoms with E-state index in [1.54, 1.807) is 34.6 Å². The number of carboxylic acids is 1. The maximum atomic E-state index is 12.9. The number of fused-ring (bicyclic) bond motifs is 1. The van der Waals surface area contributed by atoms with Crippen LogP contribution >= 0.6 is 0 Å². The van der Waals surface area contributed by atoms with Crippen molar-refractivity contribution in [2.24, 2.45) is 5.92 Å². The van der Waals surface area contributed by atoms with Gasteiger partial charge in [0.05, 0.1) is 18.6 Å². The molecule has 27 heavy (non-hydrogen) atoms. The second-order valence-corrected chi connectivity index (χ2v) is 8.15. The molecule has 2 atom stereocenters. The number of ether oxygens (including phenoxy) is 1. The SMILES string of the molecule is CC(C)[C@H](NC(=O)[C@@H]1Cc2ccccc2CN1C(=O)OC(C)(C)C)C(=O)[O-]. The van der Waals surface area contributed by atoms with Crippen LogP contribution in [-0.2, 0) is 27.3 Å². The smallest absolute Gasteiger partial charge is 0.411 e. The van der Waals surface area contributed by atoms with Crippen molar-refractivity contribution >= 4 is 18.0 Å². The maximum absolute atomic E-state index is 12.9. The lowest BCUT2D eigenvalue weighted by Crippen LogP contribution is -2.58. The van der Waals surface area contributed by atoms with E-state index in [1.807, 2.05) is 24.3 Å². The van der Waals surface area contributed by atoms with E-state index in [1.165, 1.54) is 4.90 Å². The second-order valence-electron chi connectivity index (χ2n) is 8.15. The van der Waals surface area contributed by atoms with Crippen LogP contribution in [0.4, 0.5) is 4.79 Å². The molecule has 0 radical (unpaired) electrons. The lowest BCUT2D eigenvalue weighted by Gasteiger charge is -2.38. The molecule has 0 aliphatic carbocycles. The number of benzene rings is 1. The Balaban J connectivity index is 2.29. The largest absolute Gasteiger partial charge is 0.548 e. The Kier molecular flexibility index (Phi) is 6.13. The van der Waals surface area contributed by atoms with Crippen LogP contribution in [0.5, 0.6) is 0 Å². The predicted octanol–water partition coefficient (Wildman–Crippen LogP) is 1.24. The lowest BCUT2D eigenvalue weighted by molar-refractivity contribution is -0.309. The van der Waals surface area contributed by atoms with Crippen molar-refractivity contribution in [2.75, 3.05) is 0 Å². The molecule has 0 unspecified atom stereocenters. The van der Waals surface area contributed by atoms with E-state index in [0.717, 1.165) is 11.1 Å². The molecule has 1 heterocycles. The molecular weight excluding hydrogens is 348 g/mol. The highest BCUT2D eigenvalue weighted by molar-refractivity contribution is 5.89. The summed E-state index contributed by atoms with van der Waals surface area (Å²) in [5.74, 6) is -2.22. The quantitative estimate of drug-likeness (QED) is 0.854. The minimum atomic E-state index is -1.35. The normalized spacial score (nSPS) is 17.9. The average Bonchev–Trinajstić information content (AvgIpc) is 2.56. The third kappa shape index (κ3) is 5.21. The van der Waals surface area contributed by atoms with E-state index < -0.39 is 35.7 Å². The van der Waals surface area contributed by atoms with Gasteiger partial charge in [-0.3, -0.25) is 9.69 Å². The summed E-state index contributed by atoms with van der Waals surface area (Å²) in [6.45, 7) is 8.85. The van der Waals surface area contributed by atoms with Crippen molar-refractivity contribution in [2.45, 2.75) is 65.3 Å². The number of hydrogen-bond donors (Lipinski definition) is 1. The summed E-state index contributed by atoms with van der Waals surface area (Å²) < 4.78 is 5.45. The zero-order valence-electron chi connectivity index (χ0n) is 16.4. The van der Waals surface area contributed by atoms with Gasteiger partial charge in [-0.1, -0.05) is 38.1 Å². The van der Waals surface area contributed by atoms with Gasteiger partial charge in [0.1, 0.15) is 11.6 Å². The van der Waals surface area contributed by atoms with Crippen molar-refractivity contribution in [3.8, 4) is 0 Å². The fourth-order valence-electron chi connectivity index (χ4n) is 3.02. The summed E-state index contributed by atoms with van der Waals surface area (Å²) >= 11 is 0. The fraction of sp³-hybridized carbons (Fsp3) is 0.550. The molecule has 1 aliphatic heterocycles. The fourth-order valence-corrected chi connectivity index (χ4v) is 3.02. The molecule has 0 bridgehead atoms. The maximum Gasteiger partial charge on any atom is 0.411 e. The third-order valence-corrected chi connectivity index (χ3v) is 4.40. The van der Waals surface area contributed by atoms with E-state index in [2.05, 4.69) is 5.32 Å². The summed E-state index contributed by atoms with van der Waals surface area (Å²) in [5, 5.41) is 13.8. The Morgan fingerprint density at radius 3 is 2.30 bits per heavy atom. The summed E-state index contributed by atoms with van der Waals surface area (Å²) in [4.78, 5) is 38.2. The van der Waals surface area contributed by atoms with E-state index >= 15 is 0 Å². The number of carbonyl (C=O) groups is 3. The van der Waals surface area contributed by atoms with Crippen molar-refractivity contribution in [1.29, 1.82) is 0 Å². The first-order chi connectivity index (χ1) is 12.5. The zero-order valence-corrected chi connectivity index (χ0v) is 16.4. The minimum Gasteiger partial charge on any atom is -0.548 e. The number of nitrogens with one attached hydrogen (secondary N) is 1. The van der Waals surface area contributed by atoms with Crippen LogP contribution in [0.1, 0.15) is 45.7 Å². The van der Waals surface area contributed by atoms with E-state index in [-0.39, 0.29) is 12.5 Å². The highest BCUT2D eigenvalue weighted by Gasteiger charge is 2.37. The molecule has 0 spiro atoms. The van der Waals surface area contributed by atoms with Crippen LogP contribution in [0.15, 0.2) is 24.3 Å². The summed E-state index contributed by atoms with van der Waals surface area (Å²) in [7, 11) is 0. The molecule has 1 aromatic carbocycles. The van der Waals surface area contributed by atoms with Gasteiger partial charge in [-0.15, -0.1) is 0 Å². The number of carbonyl (C=O) groups excluding carboxylic acids is 3. The summed E-state index contributed by atoms with van der Waals surface area (Å²) in [6, 6.07) is 5.57. The number of hydrogen-bond acceptors (Lipinski definition) is 5. The number of amides is 2. The Labute approximate surface area is 159 Å². The topological polar surface area (TPSA) is 98.8 Å². The Morgan fingerprint density at radius 1 is 1.19 bits per heavy atom. The molecule has 0 fully saturated rings. The van der Waals surface area contributed by atoms with Crippen molar-refractivity contribution < 1.29 is 24.2 Å². The predicted molar refractivity (Wildman–Crippen MR) is 97.5 cm³/mol. The van der Waals surface area contributed by atoms with Gasteiger partial charge < -0.3 is 20.0 Å². The van der Waals surface area contributed by atoms with Crippen LogP contribution in [-0.4, -0.2) is 40.6 Å². The standard InChI is InChI=1S/C20H28N2O5/c1-12(2)16(18(24)25)21-17(23)15-10-13-8-6-7-9-14(13)11-22(15)19(26)27-20(3,4)5/h6-9,12,15-16H,10-11H2,1-5H3,(H,21,23)(H,24,25)/p-1/t15-,16-/m0/s1. The minimum absolute atomic E-state index is 0.223. The highest BCUT2D eigenvalue weighted by atomic mass is 16.6. The van der Waals surface area contributed by atoms with Crippen LogP contribution in [0.3, 0.4) is 0 Å². The number of rotatable bonds is 4. The van der Waals surface area contributed by atoms with Gasteiger partial charge in [-0.05, 0) is 37.8 Å². The van der Waals surface area contributed by atoms with Crippen molar-refractivity contribution in [3.05, 3.63) is 35.4 Å². The second kappa shape index (κ2) is 7.98. The number of aliphatic carboxylic acids is 1. The van der Waals surface area contributed by atoms with Gasteiger partial charge in [0, 0.05) is 6.42 Å². The molecule has 0 saturated carbocycles. The first-order valence-corrected chi connectivity index (χ1v) is 9.07. The highest BCUT2D eigenvalue weighted by Crippen LogP contribution is 2.25. The van der Waals surface area contributed by atoms with Gasteiger partial charge in [0.2, 0.25) is 5.91 Å². The van der Waals surface area contributed by atoms with E-state index in [0.29, 0.717) is 6.42 Å². The monoisotopic (exact) mass is 375 g/mol. The van der Waals surface area contributed by atoms with Crippen LogP contribution in [0.2, 0.25) is 0 Å². The molecule has 7 heteroatoms. The molecule has 2 rings (SSSR count). The first-order valence-electron chi connectivity index (χ1n) is 9.07. The molecule has 7 nitrogen and oxygen atoms in total. The molecule has 0 saturated heterocycles. The van der Waals surface area contributed by atoms with Gasteiger partial charge in [0.25, 0.3) is 0 Å². The first kappa shape index (κ1) is 20.7. The number of carboxylic acid groups (broad SMARTS) is 1. The Morgan fingerprint density at radius 2 is 1.78 bits per heavy atom. The Bertz CT molecular complexity index is 723. The molecule has 1 aliphatic rings. The van der Waals surface area contributed by atoms with Crippen LogP contribution in [0.25, 0.3) is 0 Å². The summed E-state index contributed by atoms with van der Waals surface area (Å²) in [5.41, 5.74) is 1.18. The van der Waals surface area contributed by atoms with Crippen LogP contribution < -0.4 is 10.4 Å². The van der Waals surface area contributed by atoms with E-state index in [4.69, 9.17) is 4.74 Å². The average molecular weight is 375 g/mol. The van der Waals surface area contributed by atoms with Gasteiger partial charge in [0.15, 0.2) is 0 Å². The molecule has 1 N–H and O–H groups in total. The molecule has 148 valence electrons.